The molecular formula is C14H28N2O2. The SMILES string of the molecule is CCOCCN1CCCC(C(=O)N(CC)CC)C1. The van der Waals surface area contributed by atoms with Gasteiger partial charge in [0.05, 0.1) is 12.5 Å². The minimum absolute atomic E-state index is 0.195. The molecule has 0 bridgehead atoms. The highest BCUT2D eigenvalue weighted by Crippen LogP contribution is 2.18. The van der Waals surface area contributed by atoms with Crippen LogP contribution in [0.5, 0.6) is 0 Å². The zero-order valence-corrected chi connectivity index (χ0v) is 12.2. The first kappa shape index (κ1) is 15.4. The summed E-state index contributed by atoms with van der Waals surface area (Å²) in [5.74, 6) is 0.529. The Labute approximate surface area is 111 Å². The van der Waals surface area contributed by atoms with Crippen molar-refractivity contribution in [1.82, 2.24) is 9.80 Å². The molecule has 1 heterocycles. The van der Waals surface area contributed by atoms with Gasteiger partial charge in [0.15, 0.2) is 0 Å². The third-order valence-corrected chi connectivity index (χ3v) is 3.69. The van der Waals surface area contributed by atoms with Gasteiger partial charge in [0.1, 0.15) is 0 Å². The first-order chi connectivity index (χ1) is 8.72. The van der Waals surface area contributed by atoms with Crippen LogP contribution in [0.25, 0.3) is 0 Å². The van der Waals surface area contributed by atoms with Gasteiger partial charge in [-0.05, 0) is 40.2 Å². The fraction of sp³-hybridized carbons (Fsp3) is 0.929. The van der Waals surface area contributed by atoms with Crippen LogP contribution in [0.2, 0.25) is 0 Å². The Morgan fingerprint density at radius 1 is 1.33 bits per heavy atom. The highest BCUT2D eigenvalue weighted by Gasteiger charge is 2.27. The molecule has 0 aromatic rings. The van der Waals surface area contributed by atoms with Crippen LogP contribution >= 0.6 is 0 Å². The number of hydrogen-bond acceptors (Lipinski definition) is 3. The van der Waals surface area contributed by atoms with Crippen LogP contribution in [0.1, 0.15) is 33.6 Å². The van der Waals surface area contributed by atoms with E-state index in [0.717, 1.165) is 58.8 Å². The lowest BCUT2D eigenvalue weighted by atomic mass is 9.96. The summed E-state index contributed by atoms with van der Waals surface area (Å²) in [5.41, 5.74) is 0. The van der Waals surface area contributed by atoms with Crippen LogP contribution in [0.3, 0.4) is 0 Å². The molecule has 0 saturated carbocycles. The molecule has 4 nitrogen and oxygen atoms in total. The Morgan fingerprint density at radius 2 is 2.06 bits per heavy atom. The van der Waals surface area contributed by atoms with Crippen LogP contribution in [0.4, 0.5) is 0 Å². The van der Waals surface area contributed by atoms with E-state index in [-0.39, 0.29) is 5.92 Å². The van der Waals surface area contributed by atoms with Gasteiger partial charge in [0.2, 0.25) is 5.91 Å². The number of ether oxygens (including phenoxy) is 1. The number of amides is 1. The number of rotatable bonds is 7. The highest BCUT2D eigenvalue weighted by molar-refractivity contribution is 5.79. The summed E-state index contributed by atoms with van der Waals surface area (Å²) in [7, 11) is 0. The molecule has 1 fully saturated rings. The number of hydrogen-bond donors (Lipinski definition) is 0. The van der Waals surface area contributed by atoms with E-state index in [1.165, 1.54) is 0 Å². The van der Waals surface area contributed by atoms with Crippen molar-refractivity contribution in [1.29, 1.82) is 0 Å². The molecule has 0 aromatic heterocycles. The standard InChI is InChI=1S/C14H28N2O2/c1-4-16(5-2)14(17)13-8-7-9-15(12-13)10-11-18-6-3/h13H,4-12H2,1-3H3. The van der Waals surface area contributed by atoms with Gasteiger partial charge in [-0.2, -0.15) is 0 Å². The average molecular weight is 256 g/mol. The fourth-order valence-corrected chi connectivity index (χ4v) is 2.59. The Hall–Kier alpha value is -0.610. The lowest BCUT2D eigenvalue weighted by molar-refractivity contribution is -0.137. The molecule has 0 spiro atoms. The maximum Gasteiger partial charge on any atom is 0.226 e. The fourth-order valence-electron chi connectivity index (χ4n) is 2.59. The summed E-state index contributed by atoms with van der Waals surface area (Å²) in [5, 5.41) is 0. The molecule has 1 aliphatic heterocycles. The molecule has 1 saturated heterocycles. The second-order valence-electron chi connectivity index (χ2n) is 4.85. The number of piperidine rings is 1. The number of carbonyl (C=O) groups is 1. The Bertz CT molecular complexity index is 242. The van der Waals surface area contributed by atoms with E-state index in [9.17, 15) is 4.79 Å². The normalized spacial score (nSPS) is 20.9. The van der Waals surface area contributed by atoms with Crippen LogP contribution < -0.4 is 0 Å². The molecule has 106 valence electrons. The Kier molecular flexibility index (Phi) is 7.28. The maximum absolute atomic E-state index is 12.3. The van der Waals surface area contributed by atoms with Gasteiger partial charge in [0, 0.05) is 32.8 Å². The monoisotopic (exact) mass is 256 g/mol. The zero-order chi connectivity index (χ0) is 13.4. The predicted molar refractivity (Wildman–Crippen MR) is 73.6 cm³/mol. The van der Waals surface area contributed by atoms with E-state index in [0.29, 0.717) is 5.91 Å². The smallest absolute Gasteiger partial charge is 0.226 e. The van der Waals surface area contributed by atoms with E-state index in [4.69, 9.17) is 4.74 Å². The molecular weight excluding hydrogens is 228 g/mol. The van der Waals surface area contributed by atoms with Gasteiger partial charge in [-0.15, -0.1) is 0 Å². The summed E-state index contributed by atoms with van der Waals surface area (Å²) in [6.45, 7) is 12.3. The molecule has 1 aliphatic rings. The topological polar surface area (TPSA) is 32.8 Å². The van der Waals surface area contributed by atoms with Gasteiger partial charge in [-0.1, -0.05) is 0 Å². The van der Waals surface area contributed by atoms with Crippen LogP contribution in [-0.4, -0.2) is 61.6 Å². The molecule has 0 radical (unpaired) electrons. The minimum Gasteiger partial charge on any atom is -0.380 e. The third kappa shape index (κ3) is 4.58. The number of carbonyl (C=O) groups excluding carboxylic acids is 1. The van der Waals surface area contributed by atoms with Gasteiger partial charge in [-0.25, -0.2) is 0 Å². The number of nitrogens with zero attached hydrogens (tertiary/aromatic N) is 2. The third-order valence-electron chi connectivity index (χ3n) is 3.69. The molecule has 1 rings (SSSR count). The Morgan fingerprint density at radius 3 is 2.67 bits per heavy atom. The molecule has 0 aromatic carbocycles. The predicted octanol–water partition coefficient (Wildman–Crippen LogP) is 1.60. The molecule has 0 aliphatic carbocycles. The van der Waals surface area contributed by atoms with Crippen molar-refractivity contribution in [3.05, 3.63) is 0 Å². The molecule has 4 heteroatoms. The number of likely N-dealkylation sites (tertiary alicyclic amines) is 1. The summed E-state index contributed by atoms with van der Waals surface area (Å²) < 4.78 is 5.38. The van der Waals surface area contributed by atoms with Crippen molar-refractivity contribution in [3.63, 3.8) is 0 Å². The maximum atomic E-state index is 12.3. The lowest BCUT2D eigenvalue weighted by Gasteiger charge is -2.34. The average Bonchev–Trinajstić information content (AvgIpc) is 2.41. The highest BCUT2D eigenvalue weighted by atomic mass is 16.5. The van der Waals surface area contributed by atoms with Crippen LogP contribution in [-0.2, 0) is 9.53 Å². The van der Waals surface area contributed by atoms with E-state index in [1.54, 1.807) is 0 Å². The molecule has 1 atom stereocenters. The minimum atomic E-state index is 0.195. The van der Waals surface area contributed by atoms with Crippen molar-refractivity contribution in [2.45, 2.75) is 33.6 Å². The Balaban J connectivity index is 2.40. The van der Waals surface area contributed by atoms with E-state index < -0.39 is 0 Å². The second-order valence-corrected chi connectivity index (χ2v) is 4.85. The van der Waals surface area contributed by atoms with Crippen molar-refractivity contribution in [2.75, 3.05) is 45.9 Å². The summed E-state index contributed by atoms with van der Waals surface area (Å²) in [4.78, 5) is 16.6. The van der Waals surface area contributed by atoms with Gasteiger partial charge < -0.3 is 14.5 Å². The van der Waals surface area contributed by atoms with E-state index in [2.05, 4.69) is 18.7 Å². The van der Waals surface area contributed by atoms with Crippen molar-refractivity contribution >= 4 is 5.91 Å². The van der Waals surface area contributed by atoms with Crippen molar-refractivity contribution < 1.29 is 9.53 Å². The molecule has 1 amide bonds. The van der Waals surface area contributed by atoms with Crippen molar-refractivity contribution in [2.24, 2.45) is 5.92 Å². The molecule has 1 unspecified atom stereocenters. The van der Waals surface area contributed by atoms with E-state index >= 15 is 0 Å². The first-order valence-electron chi connectivity index (χ1n) is 7.31. The lowest BCUT2D eigenvalue weighted by Crippen LogP contribution is -2.45. The zero-order valence-electron chi connectivity index (χ0n) is 12.2. The quantitative estimate of drug-likeness (QED) is 0.649. The van der Waals surface area contributed by atoms with Crippen LogP contribution in [0.15, 0.2) is 0 Å². The molecule has 0 N–H and O–H groups in total. The summed E-state index contributed by atoms with van der Waals surface area (Å²) >= 11 is 0. The first-order valence-corrected chi connectivity index (χ1v) is 7.31. The van der Waals surface area contributed by atoms with Crippen molar-refractivity contribution in [3.8, 4) is 0 Å². The van der Waals surface area contributed by atoms with Gasteiger partial charge in [0.25, 0.3) is 0 Å². The summed E-state index contributed by atoms with van der Waals surface area (Å²) in [6.07, 6.45) is 2.17. The largest absolute Gasteiger partial charge is 0.380 e. The van der Waals surface area contributed by atoms with Gasteiger partial charge >= 0.3 is 0 Å². The second kappa shape index (κ2) is 8.48. The van der Waals surface area contributed by atoms with Crippen LogP contribution in [0, 0.1) is 5.92 Å². The van der Waals surface area contributed by atoms with E-state index in [1.807, 2.05) is 11.8 Å². The summed E-state index contributed by atoms with van der Waals surface area (Å²) in [6, 6.07) is 0. The van der Waals surface area contributed by atoms with Gasteiger partial charge in [-0.3, -0.25) is 4.79 Å². The molecule has 18 heavy (non-hydrogen) atoms.